The molecule has 0 aliphatic carbocycles. The van der Waals surface area contributed by atoms with Crippen LogP contribution in [0.1, 0.15) is 116 Å². The van der Waals surface area contributed by atoms with Crippen LogP contribution >= 0.6 is 0 Å². The molecule has 0 aromatic heterocycles. The van der Waals surface area contributed by atoms with Gasteiger partial charge in [-0.3, -0.25) is 14.1 Å². The van der Waals surface area contributed by atoms with Crippen molar-refractivity contribution in [3.8, 4) is 11.5 Å². The molecule has 0 atom stereocenters. The lowest BCUT2D eigenvalue weighted by Crippen LogP contribution is -2.29. The van der Waals surface area contributed by atoms with E-state index in [1.165, 1.54) is 89.2 Å². The fourth-order valence-corrected chi connectivity index (χ4v) is 5.82. The predicted octanol–water partition coefficient (Wildman–Crippen LogP) is 8.15. The van der Waals surface area contributed by atoms with E-state index < -0.39 is 20.9 Å². The molecule has 0 saturated carbocycles. The minimum Gasteiger partial charge on any atom is -0.457 e. The van der Waals surface area contributed by atoms with Gasteiger partial charge in [-0.2, -0.15) is 18.5 Å². The van der Waals surface area contributed by atoms with Crippen molar-refractivity contribution >= 4 is 33.5 Å². The van der Waals surface area contributed by atoms with Gasteiger partial charge in [0, 0.05) is 12.5 Å². The molecule has 1 aliphatic heterocycles. The van der Waals surface area contributed by atoms with Gasteiger partial charge in [0.05, 0.1) is 12.1 Å². The summed E-state index contributed by atoms with van der Waals surface area (Å²) in [6.45, 7) is 2.25. The van der Waals surface area contributed by atoms with Gasteiger partial charge in [-0.25, -0.2) is 0 Å². The molecule has 2 N–H and O–H groups in total. The summed E-state index contributed by atoms with van der Waals surface area (Å²) in [5.41, 5.74) is -0.125. The summed E-state index contributed by atoms with van der Waals surface area (Å²) in [6.07, 6.45) is 18.9. The molecular weight excluding hydrogens is 566 g/mol. The maximum absolute atomic E-state index is 12.7. The van der Waals surface area contributed by atoms with E-state index in [-0.39, 0.29) is 29.6 Å². The van der Waals surface area contributed by atoms with Crippen LogP contribution in [-0.4, -0.2) is 30.6 Å². The number of amidine groups is 1. The Morgan fingerprint density at radius 3 is 1.95 bits per heavy atom. The second kappa shape index (κ2) is 18.4. The second-order valence-electron chi connectivity index (χ2n) is 11.2. The van der Waals surface area contributed by atoms with Crippen molar-refractivity contribution < 1.29 is 27.3 Å². The summed E-state index contributed by atoms with van der Waals surface area (Å²) in [5, 5.41) is 7.70. The van der Waals surface area contributed by atoms with E-state index in [2.05, 4.69) is 17.3 Å². The van der Waals surface area contributed by atoms with Gasteiger partial charge in [0.2, 0.25) is 5.91 Å². The lowest BCUT2D eigenvalue weighted by atomic mass is 10.0. The van der Waals surface area contributed by atoms with Gasteiger partial charge in [-0.15, -0.1) is 0 Å². The number of nitrogens with zero attached hydrogens (tertiary/aromatic N) is 2. The number of hydrazone groups is 1. The Labute approximate surface area is 256 Å². The Morgan fingerprint density at radius 2 is 1.40 bits per heavy atom. The molecule has 1 aliphatic rings. The van der Waals surface area contributed by atoms with Gasteiger partial charge in [-0.1, -0.05) is 115 Å². The molecular formula is C33H47N3O6S. The van der Waals surface area contributed by atoms with Crippen LogP contribution in [0.15, 0.2) is 58.5 Å². The molecule has 2 amide bonds. The van der Waals surface area contributed by atoms with Crippen molar-refractivity contribution in [2.24, 2.45) is 5.10 Å². The average molecular weight is 614 g/mol. The minimum absolute atomic E-state index is 0.125. The van der Waals surface area contributed by atoms with E-state index in [1.807, 2.05) is 6.07 Å². The molecule has 236 valence electrons. The summed E-state index contributed by atoms with van der Waals surface area (Å²) >= 11 is 0. The van der Waals surface area contributed by atoms with Crippen LogP contribution in [0.4, 0.5) is 5.69 Å². The first kappa shape index (κ1) is 34.3. The fourth-order valence-electron chi connectivity index (χ4n) is 5.13. The van der Waals surface area contributed by atoms with Crippen molar-refractivity contribution in [3.05, 3.63) is 48.5 Å². The van der Waals surface area contributed by atoms with Crippen LogP contribution in [0.25, 0.3) is 0 Å². The van der Waals surface area contributed by atoms with E-state index in [4.69, 9.17) is 4.74 Å². The van der Waals surface area contributed by atoms with Crippen LogP contribution in [0.3, 0.4) is 0 Å². The zero-order valence-corrected chi connectivity index (χ0v) is 26.2. The number of benzene rings is 2. The number of unbranched alkanes of at least 4 members (excludes halogenated alkanes) is 14. The monoisotopic (exact) mass is 613 g/mol. The quantitative estimate of drug-likeness (QED) is 0.115. The number of nitrogens with one attached hydrogen (secondary N) is 1. The number of anilines is 1. The van der Waals surface area contributed by atoms with Crippen molar-refractivity contribution in [1.29, 1.82) is 0 Å². The molecule has 43 heavy (non-hydrogen) atoms. The largest absolute Gasteiger partial charge is 0.457 e. The minimum atomic E-state index is -4.71. The Kier molecular flexibility index (Phi) is 14.7. The van der Waals surface area contributed by atoms with E-state index in [0.29, 0.717) is 12.2 Å². The summed E-state index contributed by atoms with van der Waals surface area (Å²) in [4.78, 5) is 24.6. The molecule has 0 bridgehead atoms. The van der Waals surface area contributed by atoms with Crippen LogP contribution in [-0.2, 0) is 19.7 Å². The number of amides is 2. The van der Waals surface area contributed by atoms with Crippen molar-refractivity contribution in [3.63, 3.8) is 0 Å². The van der Waals surface area contributed by atoms with Gasteiger partial charge in [0.15, 0.2) is 0 Å². The van der Waals surface area contributed by atoms with Crippen molar-refractivity contribution in [2.75, 3.05) is 5.01 Å². The van der Waals surface area contributed by atoms with Crippen LogP contribution < -0.4 is 15.1 Å². The van der Waals surface area contributed by atoms with Gasteiger partial charge < -0.3 is 10.1 Å². The van der Waals surface area contributed by atoms with E-state index in [0.717, 1.165) is 30.3 Å². The average Bonchev–Trinajstić information content (AvgIpc) is 3.34. The summed E-state index contributed by atoms with van der Waals surface area (Å²) in [6, 6.07) is 12.7. The zero-order valence-electron chi connectivity index (χ0n) is 25.4. The highest BCUT2D eigenvalue weighted by molar-refractivity contribution is 7.86. The number of carbonyl (C=O) groups excluding carboxylic acids is 2. The first-order valence-corrected chi connectivity index (χ1v) is 17.3. The SMILES string of the molecule is CCCCCCCCCCCCCCCCCC(=O)NC1=NN(c2ccc(Oc3ccccc3)cc2S(=O)(=O)O)C(=O)C1. The van der Waals surface area contributed by atoms with Gasteiger partial charge in [-0.05, 0) is 30.7 Å². The number of rotatable bonds is 20. The molecule has 0 radical (unpaired) electrons. The number of ether oxygens (including phenoxy) is 1. The third-order valence-electron chi connectivity index (χ3n) is 7.48. The first-order chi connectivity index (χ1) is 20.8. The number of hydrogen-bond donors (Lipinski definition) is 2. The second-order valence-corrected chi connectivity index (χ2v) is 12.6. The Hall–Kier alpha value is -3.24. The van der Waals surface area contributed by atoms with E-state index in [9.17, 15) is 22.6 Å². The summed E-state index contributed by atoms with van der Waals surface area (Å²) in [5.74, 6) is 0.0246. The highest BCUT2D eigenvalue weighted by atomic mass is 32.2. The van der Waals surface area contributed by atoms with Crippen LogP contribution in [0.2, 0.25) is 0 Å². The lowest BCUT2D eigenvalue weighted by Gasteiger charge is -2.16. The van der Waals surface area contributed by atoms with Gasteiger partial charge >= 0.3 is 0 Å². The van der Waals surface area contributed by atoms with Crippen LogP contribution in [0, 0.1) is 0 Å². The molecule has 2 aromatic rings. The third-order valence-corrected chi connectivity index (χ3v) is 8.37. The van der Waals surface area contributed by atoms with Crippen LogP contribution in [0.5, 0.6) is 11.5 Å². The highest BCUT2D eigenvalue weighted by Gasteiger charge is 2.31. The van der Waals surface area contributed by atoms with Gasteiger partial charge in [0.25, 0.3) is 16.0 Å². The third kappa shape index (κ3) is 12.5. The standard InChI is InChI=1S/C33H47N3O6S/c1-2-3-4-5-6-7-8-9-10-11-12-13-14-15-19-22-32(37)34-31-26-33(38)36(35-31)29-24-23-28(25-30(29)43(39,40)41)42-27-20-17-16-18-21-27/h16-18,20-21,23-25H,2-15,19,22,26H2,1H3,(H,34,35,37)(H,39,40,41). The number of para-hydroxylation sites is 1. The summed E-state index contributed by atoms with van der Waals surface area (Å²) in [7, 11) is -4.71. The molecule has 0 saturated heterocycles. The topological polar surface area (TPSA) is 125 Å². The molecule has 1 heterocycles. The highest BCUT2D eigenvalue weighted by Crippen LogP contribution is 2.33. The summed E-state index contributed by atoms with van der Waals surface area (Å²) < 4.78 is 39.8. The smallest absolute Gasteiger partial charge is 0.296 e. The predicted molar refractivity (Wildman–Crippen MR) is 170 cm³/mol. The lowest BCUT2D eigenvalue weighted by molar-refractivity contribution is -0.119. The first-order valence-electron chi connectivity index (χ1n) is 15.8. The Balaban J connectivity index is 1.36. The van der Waals surface area contributed by atoms with Gasteiger partial charge in [0.1, 0.15) is 22.2 Å². The van der Waals surface area contributed by atoms with E-state index in [1.54, 1.807) is 24.3 Å². The molecule has 2 aromatic carbocycles. The number of carbonyl (C=O) groups is 2. The normalized spacial score (nSPS) is 13.3. The molecule has 3 rings (SSSR count). The fraction of sp³-hybridized carbons (Fsp3) is 0.545. The molecule has 10 heteroatoms. The maximum atomic E-state index is 12.7. The molecule has 9 nitrogen and oxygen atoms in total. The van der Waals surface area contributed by atoms with E-state index >= 15 is 0 Å². The molecule has 0 fully saturated rings. The van der Waals surface area contributed by atoms with Crippen molar-refractivity contribution in [2.45, 2.75) is 121 Å². The van der Waals surface area contributed by atoms with Crippen molar-refractivity contribution in [1.82, 2.24) is 5.32 Å². The molecule has 0 unspecified atom stereocenters. The zero-order chi connectivity index (χ0) is 30.9. The molecule has 0 spiro atoms. The number of hydrogen-bond acceptors (Lipinski definition) is 6. The Bertz CT molecular complexity index is 1300. The maximum Gasteiger partial charge on any atom is 0.296 e. The Morgan fingerprint density at radius 1 is 0.837 bits per heavy atom.